The zero-order chi connectivity index (χ0) is 12.3. The molecule has 0 unspecified atom stereocenters. The fraction of sp³-hybridized carbons (Fsp3) is 0.462. The number of nitrogens with two attached hydrogens (primary N) is 2. The van der Waals surface area contributed by atoms with Gasteiger partial charge >= 0.3 is 0 Å². The van der Waals surface area contributed by atoms with Crippen LogP contribution in [0.3, 0.4) is 0 Å². The lowest BCUT2D eigenvalue weighted by Gasteiger charge is -2.23. The standard InChI is InChI=1S/C13H18N2O2/c14-11-7-6-9(13(15)16)8-12(11)17-10-4-2-1-3-5-10/h6-8,10H,1-5,14H2,(H2,15,16). The number of nitrogen functional groups attached to an aromatic ring is 1. The predicted molar refractivity (Wildman–Crippen MR) is 66.9 cm³/mol. The third-order valence-electron chi connectivity index (χ3n) is 3.14. The van der Waals surface area contributed by atoms with Gasteiger partial charge in [-0.1, -0.05) is 6.42 Å². The zero-order valence-electron chi connectivity index (χ0n) is 9.82. The van der Waals surface area contributed by atoms with E-state index < -0.39 is 5.91 Å². The summed E-state index contributed by atoms with van der Waals surface area (Å²) in [6, 6.07) is 4.91. The second-order valence-electron chi connectivity index (χ2n) is 4.49. The first kappa shape index (κ1) is 11.8. The molecule has 4 N–H and O–H groups in total. The van der Waals surface area contributed by atoms with Gasteiger partial charge in [0.1, 0.15) is 5.75 Å². The Morgan fingerprint density at radius 3 is 2.59 bits per heavy atom. The molecule has 4 heteroatoms. The largest absolute Gasteiger partial charge is 0.488 e. The van der Waals surface area contributed by atoms with Crippen molar-refractivity contribution in [3.8, 4) is 5.75 Å². The fourth-order valence-electron chi connectivity index (χ4n) is 2.15. The smallest absolute Gasteiger partial charge is 0.248 e. The van der Waals surface area contributed by atoms with Crippen molar-refractivity contribution < 1.29 is 9.53 Å². The van der Waals surface area contributed by atoms with Gasteiger partial charge < -0.3 is 16.2 Å². The molecule has 1 amide bonds. The van der Waals surface area contributed by atoms with Gasteiger partial charge in [0.15, 0.2) is 0 Å². The maximum atomic E-state index is 11.1. The van der Waals surface area contributed by atoms with Crippen LogP contribution >= 0.6 is 0 Å². The van der Waals surface area contributed by atoms with Gasteiger partial charge in [-0.2, -0.15) is 0 Å². The van der Waals surface area contributed by atoms with Gasteiger partial charge in [-0.25, -0.2) is 0 Å². The van der Waals surface area contributed by atoms with Crippen molar-refractivity contribution in [1.29, 1.82) is 0 Å². The Bertz CT molecular complexity index is 412. The Balaban J connectivity index is 2.13. The Morgan fingerprint density at radius 1 is 1.24 bits per heavy atom. The lowest BCUT2D eigenvalue weighted by Crippen LogP contribution is -2.20. The van der Waals surface area contributed by atoms with E-state index in [1.165, 1.54) is 19.3 Å². The van der Waals surface area contributed by atoms with E-state index in [1.807, 2.05) is 0 Å². The van der Waals surface area contributed by atoms with E-state index in [2.05, 4.69) is 0 Å². The summed E-state index contributed by atoms with van der Waals surface area (Å²) in [6.07, 6.45) is 5.99. The van der Waals surface area contributed by atoms with Crippen LogP contribution in [0.2, 0.25) is 0 Å². The summed E-state index contributed by atoms with van der Waals surface area (Å²) in [5, 5.41) is 0. The first-order valence-electron chi connectivity index (χ1n) is 6.03. The van der Waals surface area contributed by atoms with E-state index in [0.29, 0.717) is 17.0 Å². The molecule has 1 aliphatic carbocycles. The Hall–Kier alpha value is -1.71. The molecule has 0 saturated heterocycles. The number of hydrogen-bond acceptors (Lipinski definition) is 3. The maximum absolute atomic E-state index is 11.1. The van der Waals surface area contributed by atoms with Crippen LogP contribution in [-0.4, -0.2) is 12.0 Å². The lowest BCUT2D eigenvalue weighted by atomic mass is 9.98. The van der Waals surface area contributed by atoms with E-state index in [-0.39, 0.29) is 6.10 Å². The highest BCUT2D eigenvalue weighted by Gasteiger charge is 2.16. The number of benzene rings is 1. The molecule has 0 atom stereocenters. The molecule has 1 fully saturated rings. The summed E-state index contributed by atoms with van der Waals surface area (Å²) in [5.41, 5.74) is 12.1. The molecule has 92 valence electrons. The maximum Gasteiger partial charge on any atom is 0.248 e. The molecule has 1 saturated carbocycles. The molecule has 2 rings (SSSR count). The van der Waals surface area contributed by atoms with Gasteiger partial charge in [0, 0.05) is 5.56 Å². The number of carbonyl (C=O) groups is 1. The predicted octanol–water partition coefficient (Wildman–Crippen LogP) is 2.08. The van der Waals surface area contributed by atoms with Gasteiger partial charge in [-0.05, 0) is 43.9 Å². The third kappa shape index (κ3) is 2.90. The topological polar surface area (TPSA) is 78.3 Å². The first-order valence-corrected chi connectivity index (χ1v) is 6.03. The molecule has 0 aliphatic heterocycles. The van der Waals surface area contributed by atoms with Crippen LogP contribution < -0.4 is 16.2 Å². The van der Waals surface area contributed by atoms with Crippen molar-refractivity contribution in [2.75, 3.05) is 5.73 Å². The van der Waals surface area contributed by atoms with Gasteiger partial charge in [-0.3, -0.25) is 4.79 Å². The van der Waals surface area contributed by atoms with E-state index in [0.717, 1.165) is 12.8 Å². The average Bonchev–Trinajstić information content (AvgIpc) is 2.33. The zero-order valence-corrected chi connectivity index (χ0v) is 9.82. The first-order chi connectivity index (χ1) is 8.16. The minimum Gasteiger partial charge on any atom is -0.488 e. The highest BCUT2D eigenvalue weighted by Crippen LogP contribution is 2.28. The van der Waals surface area contributed by atoms with Gasteiger partial charge in [0.2, 0.25) is 5.91 Å². The van der Waals surface area contributed by atoms with Crippen molar-refractivity contribution in [2.24, 2.45) is 5.73 Å². The second kappa shape index (κ2) is 5.08. The second-order valence-corrected chi connectivity index (χ2v) is 4.49. The SMILES string of the molecule is NC(=O)c1ccc(N)c(OC2CCCCC2)c1. The highest BCUT2D eigenvalue weighted by atomic mass is 16.5. The van der Waals surface area contributed by atoms with Crippen LogP contribution in [0.1, 0.15) is 42.5 Å². The molecule has 0 spiro atoms. The molecule has 4 nitrogen and oxygen atoms in total. The van der Waals surface area contributed by atoms with Gasteiger partial charge in [-0.15, -0.1) is 0 Å². The number of hydrogen-bond donors (Lipinski definition) is 2. The van der Waals surface area contributed by atoms with Crippen molar-refractivity contribution in [2.45, 2.75) is 38.2 Å². The molecule has 0 aromatic heterocycles. The molecule has 1 aromatic rings. The Labute approximate surface area is 101 Å². The summed E-state index contributed by atoms with van der Waals surface area (Å²) in [7, 11) is 0. The lowest BCUT2D eigenvalue weighted by molar-refractivity contribution is 0.0999. The molecule has 1 aliphatic rings. The van der Waals surface area contributed by atoms with Crippen LogP contribution in [0.15, 0.2) is 18.2 Å². The quantitative estimate of drug-likeness (QED) is 0.786. The van der Waals surface area contributed by atoms with E-state index in [1.54, 1.807) is 18.2 Å². The molecule has 1 aromatic carbocycles. The third-order valence-corrected chi connectivity index (χ3v) is 3.14. The minimum atomic E-state index is -0.460. The van der Waals surface area contributed by atoms with Crippen LogP contribution in [0, 0.1) is 0 Å². The van der Waals surface area contributed by atoms with Crippen LogP contribution in [0.4, 0.5) is 5.69 Å². The van der Waals surface area contributed by atoms with Crippen LogP contribution in [-0.2, 0) is 0 Å². The average molecular weight is 234 g/mol. The van der Waals surface area contributed by atoms with Crippen molar-refractivity contribution in [1.82, 2.24) is 0 Å². The van der Waals surface area contributed by atoms with Crippen molar-refractivity contribution in [3.05, 3.63) is 23.8 Å². The van der Waals surface area contributed by atoms with Crippen molar-refractivity contribution >= 4 is 11.6 Å². The normalized spacial score (nSPS) is 16.7. The summed E-state index contributed by atoms with van der Waals surface area (Å²) >= 11 is 0. The number of anilines is 1. The molecule has 0 radical (unpaired) electrons. The Morgan fingerprint density at radius 2 is 1.94 bits per heavy atom. The van der Waals surface area contributed by atoms with E-state index >= 15 is 0 Å². The number of amides is 1. The number of rotatable bonds is 3. The van der Waals surface area contributed by atoms with E-state index in [4.69, 9.17) is 16.2 Å². The Kier molecular flexibility index (Phi) is 3.52. The minimum absolute atomic E-state index is 0.217. The van der Waals surface area contributed by atoms with Crippen LogP contribution in [0.25, 0.3) is 0 Å². The molecular formula is C13H18N2O2. The van der Waals surface area contributed by atoms with Gasteiger partial charge in [0.25, 0.3) is 0 Å². The molecule has 0 heterocycles. The van der Waals surface area contributed by atoms with Gasteiger partial charge in [0.05, 0.1) is 11.8 Å². The van der Waals surface area contributed by atoms with Crippen molar-refractivity contribution in [3.63, 3.8) is 0 Å². The molecule has 17 heavy (non-hydrogen) atoms. The number of carbonyl (C=O) groups excluding carboxylic acids is 1. The summed E-state index contributed by atoms with van der Waals surface area (Å²) < 4.78 is 5.84. The molecular weight excluding hydrogens is 216 g/mol. The monoisotopic (exact) mass is 234 g/mol. The fourth-order valence-corrected chi connectivity index (χ4v) is 2.15. The summed E-state index contributed by atoms with van der Waals surface area (Å²) in [5.74, 6) is 0.117. The summed E-state index contributed by atoms with van der Waals surface area (Å²) in [4.78, 5) is 11.1. The van der Waals surface area contributed by atoms with E-state index in [9.17, 15) is 4.79 Å². The highest BCUT2D eigenvalue weighted by molar-refractivity contribution is 5.93. The molecule has 0 bridgehead atoms. The number of primary amides is 1. The summed E-state index contributed by atoms with van der Waals surface area (Å²) in [6.45, 7) is 0. The van der Waals surface area contributed by atoms with Crippen LogP contribution in [0.5, 0.6) is 5.75 Å². The number of ether oxygens (including phenoxy) is 1.